The van der Waals surface area contributed by atoms with Crippen molar-refractivity contribution in [2.75, 3.05) is 0 Å². The first-order chi connectivity index (χ1) is 16.7. The summed E-state index contributed by atoms with van der Waals surface area (Å²) in [6.45, 7) is 0. The monoisotopic (exact) mass is 450 g/mol. The van der Waals surface area contributed by atoms with Gasteiger partial charge in [-0.3, -0.25) is 0 Å². The Labute approximate surface area is 195 Å². The molecule has 0 radical (unpaired) electrons. The van der Waals surface area contributed by atoms with Crippen molar-refractivity contribution in [1.82, 2.24) is 19.9 Å². The molecule has 0 aliphatic heterocycles. The number of aromatic nitrogens is 4. The quantitative estimate of drug-likeness (QED) is 0.321. The molecule has 0 atom stereocenters. The van der Waals surface area contributed by atoms with E-state index in [1.165, 1.54) is 6.07 Å². The number of phenolic OH excluding ortho intramolecular Hbond substituents is 1. The number of nitrogens with zero attached hydrogens (tertiary/aromatic N) is 4. The van der Waals surface area contributed by atoms with Gasteiger partial charge in [0.2, 0.25) is 0 Å². The van der Waals surface area contributed by atoms with Crippen molar-refractivity contribution in [1.29, 1.82) is 0 Å². The van der Waals surface area contributed by atoms with Gasteiger partial charge in [-0.2, -0.15) is 4.98 Å². The first kappa shape index (κ1) is 20.9. The number of hydrogen-bond donors (Lipinski definition) is 1. The molecule has 1 N–H and O–H groups in total. The highest BCUT2D eigenvalue weighted by Crippen LogP contribution is 2.27. The lowest BCUT2D eigenvalue weighted by molar-refractivity contribution is 0.431. The summed E-state index contributed by atoms with van der Waals surface area (Å²) in [5.74, 6) is 2.56. The molecule has 5 aromatic rings. The predicted octanol–water partition coefficient (Wildman–Crippen LogP) is 6.02. The minimum Gasteiger partial charge on any atom is -0.508 e. The van der Waals surface area contributed by atoms with E-state index in [0.29, 0.717) is 28.5 Å². The van der Waals surface area contributed by atoms with E-state index in [1.807, 2.05) is 42.5 Å². The van der Waals surface area contributed by atoms with Gasteiger partial charge >= 0.3 is 12.0 Å². The highest BCUT2D eigenvalue weighted by molar-refractivity contribution is 5.56. The van der Waals surface area contributed by atoms with Gasteiger partial charge in [-0.1, -0.05) is 24.3 Å². The lowest BCUT2D eigenvalue weighted by Crippen LogP contribution is -1.96. The van der Waals surface area contributed by atoms with Crippen LogP contribution in [-0.2, 0) is 0 Å². The van der Waals surface area contributed by atoms with Crippen LogP contribution < -0.4 is 14.2 Å². The van der Waals surface area contributed by atoms with E-state index in [4.69, 9.17) is 14.2 Å². The Hall–Kier alpha value is -4.98. The second kappa shape index (κ2) is 9.66. The van der Waals surface area contributed by atoms with E-state index in [2.05, 4.69) is 19.9 Å². The maximum Gasteiger partial charge on any atom is 0.322 e. The van der Waals surface area contributed by atoms with Crippen molar-refractivity contribution < 1.29 is 19.3 Å². The van der Waals surface area contributed by atoms with Crippen LogP contribution in [0.1, 0.15) is 0 Å². The normalized spacial score (nSPS) is 10.5. The fourth-order valence-corrected chi connectivity index (χ4v) is 3.01. The van der Waals surface area contributed by atoms with Gasteiger partial charge in [0.05, 0.1) is 5.69 Å². The Bertz CT molecular complexity index is 1380. The Balaban J connectivity index is 1.25. The summed E-state index contributed by atoms with van der Waals surface area (Å²) in [5, 5.41) is 9.54. The van der Waals surface area contributed by atoms with Crippen LogP contribution in [0.5, 0.6) is 40.8 Å². The molecule has 2 aromatic heterocycles. The molecule has 0 amide bonds. The number of aromatic hydroxyl groups is 1. The molecule has 5 rings (SSSR count). The zero-order chi connectivity index (χ0) is 23.2. The van der Waals surface area contributed by atoms with Crippen LogP contribution in [0.15, 0.2) is 104 Å². The lowest BCUT2D eigenvalue weighted by atomic mass is 10.2. The molecule has 3 aromatic carbocycles. The lowest BCUT2D eigenvalue weighted by Gasteiger charge is -2.08. The standard InChI is InChI=1S/C26H18N4O4/c31-19-5-4-8-23(15-19)34-25-28-16-18(17-29-25)24-13-14-27-26(30-24)33-22-11-9-21(10-12-22)32-20-6-2-1-3-7-20/h1-17,31H. The summed E-state index contributed by atoms with van der Waals surface area (Å²) in [6, 6.07) is 25.2. The fourth-order valence-electron chi connectivity index (χ4n) is 3.01. The Morgan fingerprint density at radius 1 is 0.559 bits per heavy atom. The third kappa shape index (κ3) is 5.25. The maximum absolute atomic E-state index is 9.54. The predicted molar refractivity (Wildman–Crippen MR) is 124 cm³/mol. The fraction of sp³-hybridized carbons (Fsp3) is 0. The van der Waals surface area contributed by atoms with Crippen LogP contribution in [0.25, 0.3) is 11.3 Å². The molecule has 34 heavy (non-hydrogen) atoms. The van der Waals surface area contributed by atoms with Crippen LogP contribution in [0.3, 0.4) is 0 Å². The van der Waals surface area contributed by atoms with E-state index in [-0.39, 0.29) is 17.8 Å². The molecule has 0 saturated heterocycles. The maximum atomic E-state index is 9.54. The number of phenols is 1. The summed E-state index contributed by atoms with van der Waals surface area (Å²) >= 11 is 0. The van der Waals surface area contributed by atoms with Crippen molar-refractivity contribution in [2.45, 2.75) is 0 Å². The number of ether oxygens (including phenoxy) is 3. The molecule has 166 valence electrons. The average molecular weight is 450 g/mol. The van der Waals surface area contributed by atoms with Gasteiger partial charge in [-0.25, -0.2) is 15.0 Å². The summed E-state index contributed by atoms with van der Waals surface area (Å²) < 4.78 is 17.1. The van der Waals surface area contributed by atoms with Crippen LogP contribution in [0.4, 0.5) is 0 Å². The van der Waals surface area contributed by atoms with Gasteiger partial charge in [0, 0.05) is 30.2 Å². The van der Waals surface area contributed by atoms with Crippen LogP contribution >= 0.6 is 0 Å². The Morgan fingerprint density at radius 3 is 1.94 bits per heavy atom. The van der Waals surface area contributed by atoms with Crippen LogP contribution in [-0.4, -0.2) is 25.0 Å². The molecule has 0 bridgehead atoms. The van der Waals surface area contributed by atoms with Gasteiger partial charge in [-0.15, -0.1) is 0 Å². The third-order valence-corrected chi connectivity index (χ3v) is 4.60. The molecule has 0 saturated carbocycles. The van der Waals surface area contributed by atoms with Crippen LogP contribution in [0.2, 0.25) is 0 Å². The first-order valence-corrected chi connectivity index (χ1v) is 10.3. The largest absolute Gasteiger partial charge is 0.508 e. The van der Waals surface area contributed by atoms with Gasteiger partial charge in [0.1, 0.15) is 28.7 Å². The molecule has 8 heteroatoms. The molecule has 0 aliphatic rings. The van der Waals surface area contributed by atoms with E-state index in [0.717, 1.165) is 5.75 Å². The minimum absolute atomic E-state index is 0.0981. The molecular formula is C26H18N4O4. The smallest absolute Gasteiger partial charge is 0.322 e. The third-order valence-electron chi connectivity index (χ3n) is 4.60. The molecular weight excluding hydrogens is 432 g/mol. The van der Waals surface area contributed by atoms with Crippen molar-refractivity contribution in [3.63, 3.8) is 0 Å². The van der Waals surface area contributed by atoms with Crippen molar-refractivity contribution in [3.05, 3.63) is 104 Å². The van der Waals surface area contributed by atoms with E-state index >= 15 is 0 Å². The second-order valence-corrected chi connectivity index (χ2v) is 7.07. The number of para-hydroxylation sites is 1. The van der Waals surface area contributed by atoms with E-state index < -0.39 is 0 Å². The zero-order valence-electron chi connectivity index (χ0n) is 17.8. The second-order valence-electron chi connectivity index (χ2n) is 7.07. The van der Waals surface area contributed by atoms with Gasteiger partial charge < -0.3 is 19.3 Å². The molecule has 0 fully saturated rings. The van der Waals surface area contributed by atoms with E-state index in [1.54, 1.807) is 55.0 Å². The molecule has 8 nitrogen and oxygen atoms in total. The first-order valence-electron chi connectivity index (χ1n) is 10.3. The topological polar surface area (TPSA) is 99.5 Å². The number of rotatable bonds is 7. The SMILES string of the molecule is Oc1cccc(Oc2ncc(-c3ccnc(Oc4ccc(Oc5ccccc5)cc4)n3)cn2)c1. The number of hydrogen-bond acceptors (Lipinski definition) is 8. The Kier molecular flexibility index (Phi) is 5.94. The highest BCUT2D eigenvalue weighted by atomic mass is 16.5. The summed E-state index contributed by atoms with van der Waals surface area (Å²) in [6.07, 6.45) is 4.78. The summed E-state index contributed by atoms with van der Waals surface area (Å²) in [7, 11) is 0. The van der Waals surface area contributed by atoms with Crippen molar-refractivity contribution in [2.24, 2.45) is 0 Å². The zero-order valence-corrected chi connectivity index (χ0v) is 17.8. The van der Waals surface area contributed by atoms with Gasteiger partial charge in [0.25, 0.3) is 0 Å². The highest BCUT2D eigenvalue weighted by Gasteiger charge is 2.08. The van der Waals surface area contributed by atoms with Gasteiger partial charge in [0.15, 0.2) is 0 Å². The van der Waals surface area contributed by atoms with Gasteiger partial charge in [-0.05, 0) is 54.6 Å². The van der Waals surface area contributed by atoms with Crippen molar-refractivity contribution >= 4 is 0 Å². The van der Waals surface area contributed by atoms with E-state index in [9.17, 15) is 5.11 Å². The number of benzene rings is 3. The summed E-state index contributed by atoms with van der Waals surface area (Å²) in [5.41, 5.74) is 1.26. The minimum atomic E-state index is 0.0981. The van der Waals surface area contributed by atoms with Crippen LogP contribution in [0, 0.1) is 0 Å². The molecule has 0 spiro atoms. The average Bonchev–Trinajstić information content (AvgIpc) is 2.87. The Morgan fingerprint density at radius 2 is 1.21 bits per heavy atom. The molecule has 0 unspecified atom stereocenters. The van der Waals surface area contributed by atoms with Crippen molar-refractivity contribution in [3.8, 4) is 52.0 Å². The molecule has 2 heterocycles. The molecule has 0 aliphatic carbocycles. The summed E-state index contributed by atoms with van der Waals surface area (Å²) in [4.78, 5) is 17.0.